The molecule has 4 rings (SSSR count). The van der Waals surface area contributed by atoms with Crippen LogP contribution in [0.3, 0.4) is 0 Å². The van der Waals surface area contributed by atoms with Crippen molar-refractivity contribution in [2.24, 2.45) is 5.92 Å². The van der Waals surface area contributed by atoms with Crippen LogP contribution in [0.5, 0.6) is 0 Å². The van der Waals surface area contributed by atoms with Crippen molar-refractivity contribution in [1.82, 2.24) is 9.80 Å². The molecule has 2 aliphatic rings. The van der Waals surface area contributed by atoms with Crippen LogP contribution in [-0.4, -0.2) is 35.3 Å². The largest absolute Gasteiger partial charge is 0.338 e. The van der Waals surface area contributed by atoms with Crippen molar-refractivity contribution in [3.8, 4) is 0 Å². The SMILES string of the molecule is Cc1cccc(CN2CCC(C(=O)N3CCc4sccc4C3)CC2)c1. The Labute approximate surface area is 154 Å². The lowest BCUT2D eigenvalue weighted by Gasteiger charge is -2.35. The van der Waals surface area contributed by atoms with Crippen molar-refractivity contribution in [1.29, 1.82) is 0 Å². The van der Waals surface area contributed by atoms with E-state index in [1.807, 2.05) is 11.3 Å². The van der Waals surface area contributed by atoms with E-state index < -0.39 is 0 Å². The molecule has 1 saturated heterocycles. The molecule has 1 aromatic heterocycles. The summed E-state index contributed by atoms with van der Waals surface area (Å²) in [6.45, 7) is 6.93. The van der Waals surface area contributed by atoms with Crippen LogP contribution < -0.4 is 0 Å². The van der Waals surface area contributed by atoms with Gasteiger partial charge in [-0.25, -0.2) is 0 Å². The van der Waals surface area contributed by atoms with Crippen LogP contribution in [-0.2, 0) is 24.3 Å². The Morgan fingerprint density at radius 3 is 2.84 bits per heavy atom. The number of hydrogen-bond acceptors (Lipinski definition) is 3. The van der Waals surface area contributed by atoms with Crippen molar-refractivity contribution in [2.75, 3.05) is 19.6 Å². The zero-order valence-electron chi connectivity index (χ0n) is 14.9. The van der Waals surface area contributed by atoms with Crippen LogP contribution >= 0.6 is 11.3 Å². The molecule has 4 heteroatoms. The molecular formula is C21H26N2OS. The van der Waals surface area contributed by atoms with E-state index >= 15 is 0 Å². The van der Waals surface area contributed by atoms with Crippen LogP contribution in [0.2, 0.25) is 0 Å². The predicted octanol–water partition coefficient (Wildman–Crippen LogP) is 3.85. The lowest BCUT2D eigenvalue weighted by molar-refractivity contribution is -0.138. The molecule has 2 aromatic rings. The fourth-order valence-electron chi connectivity index (χ4n) is 4.10. The average Bonchev–Trinajstić information content (AvgIpc) is 3.09. The summed E-state index contributed by atoms with van der Waals surface area (Å²) < 4.78 is 0. The number of carbonyl (C=O) groups excluding carboxylic acids is 1. The Kier molecular flexibility index (Phi) is 4.91. The molecule has 25 heavy (non-hydrogen) atoms. The maximum Gasteiger partial charge on any atom is 0.226 e. The van der Waals surface area contributed by atoms with Crippen LogP contribution in [0.25, 0.3) is 0 Å². The van der Waals surface area contributed by atoms with Crippen molar-refractivity contribution < 1.29 is 4.79 Å². The first kappa shape index (κ1) is 16.8. The Morgan fingerprint density at radius 1 is 1.20 bits per heavy atom. The minimum Gasteiger partial charge on any atom is -0.338 e. The van der Waals surface area contributed by atoms with E-state index in [2.05, 4.69) is 52.4 Å². The van der Waals surface area contributed by atoms with Gasteiger partial charge < -0.3 is 4.90 Å². The van der Waals surface area contributed by atoms with Crippen molar-refractivity contribution in [3.63, 3.8) is 0 Å². The smallest absolute Gasteiger partial charge is 0.226 e. The first-order chi connectivity index (χ1) is 12.2. The highest BCUT2D eigenvalue weighted by molar-refractivity contribution is 7.10. The summed E-state index contributed by atoms with van der Waals surface area (Å²) in [4.78, 5) is 19.0. The van der Waals surface area contributed by atoms with Crippen molar-refractivity contribution >= 4 is 17.2 Å². The summed E-state index contributed by atoms with van der Waals surface area (Å²) in [5.41, 5.74) is 4.06. The molecule has 3 heterocycles. The van der Waals surface area contributed by atoms with Crippen molar-refractivity contribution in [2.45, 2.75) is 39.3 Å². The molecule has 0 bridgehead atoms. The number of amides is 1. The summed E-state index contributed by atoms with van der Waals surface area (Å²) in [5, 5.41) is 2.16. The molecule has 0 unspecified atom stereocenters. The maximum absolute atomic E-state index is 12.9. The zero-order chi connectivity index (χ0) is 17.2. The zero-order valence-corrected chi connectivity index (χ0v) is 15.7. The lowest BCUT2D eigenvalue weighted by atomic mass is 9.94. The highest BCUT2D eigenvalue weighted by atomic mass is 32.1. The molecule has 2 aliphatic heterocycles. The van der Waals surface area contributed by atoms with E-state index in [-0.39, 0.29) is 5.92 Å². The van der Waals surface area contributed by atoms with Gasteiger partial charge in [0.15, 0.2) is 0 Å². The highest BCUT2D eigenvalue weighted by Gasteiger charge is 2.30. The normalized spacial score (nSPS) is 19.0. The van der Waals surface area contributed by atoms with Crippen LogP contribution in [0, 0.1) is 12.8 Å². The Bertz CT molecular complexity index is 746. The Balaban J connectivity index is 1.30. The number of aryl methyl sites for hydroxylation is 1. The molecule has 0 radical (unpaired) electrons. The van der Waals surface area contributed by atoms with Gasteiger partial charge in [0, 0.05) is 30.4 Å². The first-order valence-corrected chi connectivity index (χ1v) is 10.2. The second-order valence-corrected chi connectivity index (χ2v) is 8.42. The van der Waals surface area contributed by atoms with E-state index in [1.54, 1.807) is 0 Å². The van der Waals surface area contributed by atoms with Crippen LogP contribution in [0.15, 0.2) is 35.7 Å². The molecule has 3 nitrogen and oxygen atoms in total. The number of hydrogen-bond donors (Lipinski definition) is 0. The number of fused-ring (bicyclic) bond motifs is 1. The second kappa shape index (κ2) is 7.30. The third-order valence-corrected chi connectivity index (χ3v) is 6.57. The van der Waals surface area contributed by atoms with Crippen LogP contribution in [0.4, 0.5) is 0 Å². The molecule has 1 fully saturated rings. The molecule has 132 valence electrons. The van der Waals surface area contributed by atoms with E-state index in [9.17, 15) is 4.79 Å². The molecule has 0 aliphatic carbocycles. The molecule has 0 atom stereocenters. The number of likely N-dealkylation sites (tertiary alicyclic amines) is 1. The highest BCUT2D eigenvalue weighted by Crippen LogP contribution is 2.27. The van der Waals surface area contributed by atoms with E-state index in [0.717, 1.165) is 52.0 Å². The van der Waals surface area contributed by atoms with E-state index in [4.69, 9.17) is 0 Å². The molecule has 0 saturated carbocycles. The van der Waals surface area contributed by atoms with E-state index in [1.165, 1.54) is 21.6 Å². The second-order valence-electron chi connectivity index (χ2n) is 7.42. The van der Waals surface area contributed by atoms with Gasteiger partial charge in [-0.15, -0.1) is 11.3 Å². The molecular weight excluding hydrogens is 328 g/mol. The van der Waals surface area contributed by atoms with Crippen molar-refractivity contribution in [3.05, 3.63) is 57.3 Å². The summed E-state index contributed by atoms with van der Waals surface area (Å²) in [7, 11) is 0. The Hall–Kier alpha value is -1.65. The summed E-state index contributed by atoms with van der Waals surface area (Å²) in [5.74, 6) is 0.598. The summed E-state index contributed by atoms with van der Waals surface area (Å²) in [6, 6.07) is 10.9. The summed E-state index contributed by atoms with van der Waals surface area (Å²) in [6.07, 6.45) is 3.03. The molecule has 0 spiro atoms. The van der Waals surface area contributed by atoms with Gasteiger partial charge in [-0.3, -0.25) is 9.69 Å². The van der Waals surface area contributed by atoms with Gasteiger partial charge in [0.1, 0.15) is 0 Å². The third-order valence-electron chi connectivity index (χ3n) is 5.54. The van der Waals surface area contributed by atoms with E-state index in [0.29, 0.717) is 5.91 Å². The van der Waals surface area contributed by atoms with Gasteiger partial charge >= 0.3 is 0 Å². The standard InChI is InChI=1S/C21H26N2OS/c1-16-3-2-4-17(13-16)14-22-9-5-18(6-10-22)21(24)23-11-7-20-19(15-23)8-12-25-20/h2-4,8,12-13,18H,5-7,9-11,14-15H2,1H3. The van der Waals surface area contributed by atoms with Gasteiger partial charge in [-0.1, -0.05) is 29.8 Å². The number of thiophene rings is 1. The molecule has 1 amide bonds. The number of rotatable bonds is 3. The van der Waals surface area contributed by atoms with Gasteiger partial charge in [-0.2, -0.15) is 0 Å². The minimum absolute atomic E-state index is 0.217. The van der Waals surface area contributed by atoms with Gasteiger partial charge in [0.25, 0.3) is 0 Å². The fraction of sp³-hybridized carbons (Fsp3) is 0.476. The first-order valence-electron chi connectivity index (χ1n) is 9.31. The average molecular weight is 355 g/mol. The van der Waals surface area contributed by atoms with Gasteiger partial charge in [0.2, 0.25) is 5.91 Å². The number of piperidine rings is 1. The quantitative estimate of drug-likeness (QED) is 0.836. The summed E-state index contributed by atoms with van der Waals surface area (Å²) >= 11 is 1.83. The minimum atomic E-state index is 0.217. The van der Waals surface area contributed by atoms with Crippen LogP contribution in [0.1, 0.15) is 34.4 Å². The molecule has 1 aromatic carbocycles. The maximum atomic E-state index is 12.9. The monoisotopic (exact) mass is 354 g/mol. The van der Waals surface area contributed by atoms with Gasteiger partial charge in [0.05, 0.1) is 0 Å². The lowest BCUT2D eigenvalue weighted by Crippen LogP contribution is -2.43. The Morgan fingerprint density at radius 2 is 2.04 bits per heavy atom. The number of nitrogens with zero attached hydrogens (tertiary/aromatic N) is 2. The number of carbonyl (C=O) groups is 1. The topological polar surface area (TPSA) is 23.6 Å². The predicted molar refractivity (Wildman–Crippen MR) is 103 cm³/mol. The third kappa shape index (κ3) is 3.80. The molecule has 0 N–H and O–H groups in total. The van der Waals surface area contributed by atoms with Gasteiger partial charge in [-0.05, 0) is 61.8 Å². The fourth-order valence-corrected chi connectivity index (χ4v) is 4.99. The number of benzene rings is 1.